The van der Waals surface area contributed by atoms with Crippen LogP contribution < -0.4 is 4.90 Å². The van der Waals surface area contributed by atoms with Crippen molar-refractivity contribution in [3.05, 3.63) is 24.0 Å². The van der Waals surface area contributed by atoms with Gasteiger partial charge in [-0.3, -0.25) is 4.79 Å². The molecule has 2 heterocycles. The number of nitrogens with zero attached hydrogens (tertiary/aromatic N) is 2. The standard InChI is InChI=1S/C10H10N2O4/c13-9-6-16-4-3-12(9)7-1-2-8(10(14)15)11-5-7/h1-2,5H,3-4,6H2,(H,14,15). The summed E-state index contributed by atoms with van der Waals surface area (Å²) >= 11 is 0. The van der Waals surface area contributed by atoms with Crippen LogP contribution in [0.5, 0.6) is 0 Å². The van der Waals surface area contributed by atoms with Gasteiger partial charge >= 0.3 is 5.97 Å². The van der Waals surface area contributed by atoms with E-state index in [0.29, 0.717) is 18.8 Å². The first kappa shape index (κ1) is 10.6. The Kier molecular flexibility index (Phi) is 2.82. The van der Waals surface area contributed by atoms with Crippen LogP contribution in [0.25, 0.3) is 0 Å². The summed E-state index contributed by atoms with van der Waals surface area (Å²) in [6.45, 7) is 1.00. The normalized spacial score (nSPS) is 16.2. The molecule has 84 valence electrons. The molecule has 0 atom stereocenters. The molecule has 0 aromatic carbocycles. The molecule has 2 rings (SSSR count). The van der Waals surface area contributed by atoms with Gasteiger partial charge in [0.25, 0.3) is 5.91 Å². The lowest BCUT2D eigenvalue weighted by atomic mass is 10.3. The fourth-order valence-corrected chi connectivity index (χ4v) is 1.46. The second-order valence-electron chi connectivity index (χ2n) is 3.30. The van der Waals surface area contributed by atoms with Crippen molar-refractivity contribution in [2.75, 3.05) is 24.7 Å². The van der Waals surface area contributed by atoms with Gasteiger partial charge in [-0.05, 0) is 12.1 Å². The van der Waals surface area contributed by atoms with Crippen molar-refractivity contribution in [1.82, 2.24) is 4.98 Å². The highest BCUT2D eigenvalue weighted by atomic mass is 16.5. The third-order valence-electron chi connectivity index (χ3n) is 2.26. The van der Waals surface area contributed by atoms with E-state index >= 15 is 0 Å². The van der Waals surface area contributed by atoms with Gasteiger partial charge in [0.05, 0.1) is 18.5 Å². The maximum absolute atomic E-state index is 11.5. The maximum Gasteiger partial charge on any atom is 0.354 e. The van der Waals surface area contributed by atoms with E-state index in [9.17, 15) is 9.59 Å². The fourth-order valence-electron chi connectivity index (χ4n) is 1.46. The molecule has 0 spiro atoms. The fraction of sp³-hybridized carbons (Fsp3) is 0.300. The third kappa shape index (κ3) is 2.01. The van der Waals surface area contributed by atoms with Gasteiger partial charge < -0.3 is 14.7 Å². The minimum absolute atomic E-state index is 0.0375. The molecule has 1 aliphatic heterocycles. The number of carboxylic acids is 1. The summed E-state index contributed by atoms with van der Waals surface area (Å²) in [5, 5.41) is 8.67. The number of morpholine rings is 1. The minimum atomic E-state index is -1.08. The molecular formula is C10H10N2O4. The molecule has 16 heavy (non-hydrogen) atoms. The largest absolute Gasteiger partial charge is 0.477 e. The van der Waals surface area contributed by atoms with Crippen LogP contribution in [0, 0.1) is 0 Å². The van der Waals surface area contributed by atoms with Gasteiger partial charge in [-0.15, -0.1) is 0 Å². The topological polar surface area (TPSA) is 79.7 Å². The predicted octanol–water partition coefficient (Wildman–Crippen LogP) is 0.143. The number of pyridine rings is 1. The van der Waals surface area contributed by atoms with Crippen molar-refractivity contribution in [2.24, 2.45) is 0 Å². The zero-order valence-corrected chi connectivity index (χ0v) is 8.42. The number of rotatable bonds is 2. The van der Waals surface area contributed by atoms with Gasteiger partial charge in [0.15, 0.2) is 0 Å². The van der Waals surface area contributed by atoms with E-state index in [1.165, 1.54) is 17.2 Å². The first-order chi connectivity index (χ1) is 7.68. The summed E-state index contributed by atoms with van der Waals surface area (Å²) in [5.74, 6) is -1.23. The number of aromatic nitrogens is 1. The van der Waals surface area contributed by atoms with E-state index in [2.05, 4.69) is 4.98 Å². The second-order valence-corrected chi connectivity index (χ2v) is 3.30. The molecule has 0 radical (unpaired) electrons. The zero-order chi connectivity index (χ0) is 11.5. The minimum Gasteiger partial charge on any atom is -0.477 e. The lowest BCUT2D eigenvalue weighted by Crippen LogP contribution is -2.41. The zero-order valence-electron chi connectivity index (χ0n) is 8.42. The Morgan fingerprint density at radius 3 is 2.88 bits per heavy atom. The summed E-state index contributed by atoms with van der Waals surface area (Å²) in [5.41, 5.74) is 0.558. The summed E-state index contributed by atoms with van der Waals surface area (Å²) in [4.78, 5) is 27.3. The molecule has 1 amide bonds. The molecule has 1 aromatic heterocycles. The molecule has 1 N–H and O–H groups in total. The molecule has 0 saturated carbocycles. The number of carbonyl (C=O) groups excluding carboxylic acids is 1. The molecule has 1 aliphatic rings. The molecule has 1 saturated heterocycles. The maximum atomic E-state index is 11.5. The van der Waals surface area contributed by atoms with Crippen LogP contribution in [0.3, 0.4) is 0 Å². The monoisotopic (exact) mass is 222 g/mol. The second kappa shape index (κ2) is 4.28. The number of carbonyl (C=O) groups is 2. The van der Waals surface area contributed by atoms with Crippen LogP contribution in [0.2, 0.25) is 0 Å². The van der Waals surface area contributed by atoms with Crippen molar-refractivity contribution in [2.45, 2.75) is 0 Å². The first-order valence-electron chi connectivity index (χ1n) is 4.76. The van der Waals surface area contributed by atoms with Crippen LogP contribution in [0.1, 0.15) is 10.5 Å². The SMILES string of the molecule is O=C(O)c1ccc(N2CCOCC2=O)cn1. The summed E-state index contributed by atoms with van der Waals surface area (Å²) in [7, 11) is 0. The van der Waals surface area contributed by atoms with E-state index < -0.39 is 5.97 Å². The van der Waals surface area contributed by atoms with Gasteiger partial charge in [-0.2, -0.15) is 0 Å². The Hall–Kier alpha value is -1.95. The third-order valence-corrected chi connectivity index (χ3v) is 2.26. The summed E-state index contributed by atoms with van der Waals surface area (Å²) in [6, 6.07) is 2.94. The number of ether oxygens (including phenoxy) is 1. The highest BCUT2D eigenvalue weighted by Crippen LogP contribution is 2.15. The number of carboxylic acid groups (broad SMARTS) is 1. The van der Waals surface area contributed by atoms with Crippen molar-refractivity contribution < 1.29 is 19.4 Å². The van der Waals surface area contributed by atoms with Crippen LogP contribution in [-0.2, 0) is 9.53 Å². The molecular weight excluding hydrogens is 212 g/mol. The lowest BCUT2D eigenvalue weighted by Gasteiger charge is -2.26. The average Bonchev–Trinajstić information content (AvgIpc) is 2.30. The number of amides is 1. The quantitative estimate of drug-likeness (QED) is 0.770. The van der Waals surface area contributed by atoms with Crippen molar-refractivity contribution in [3.63, 3.8) is 0 Å². The van der Waals surface area contributed by atoms with Gasteiger partial charge in [-0.25, -0.2) is 9.78 Å². The number of hydrogen-bond donors (Lipinski definition) is 1. The van der Waals surface area contributed by atoms with Crippen LogP contribution in [-0.4, -0.2) is 41.7 Å². The van der Waals surface area contributed by atoms with E-state index in [1.54, 1.807) is 6.07 Å². The molecule has 0 aliphatic carbocycles. The van der Waals surface area contributed by atoms with Crippen molar-refractivity contribution in [1.29, 1.82) is 0 Å². The number of anilines is 1. The van der Waals surface area contributed by atoms with Gasteiger partial charge in [0.1, 0.15) is 12.3 Å². The molecule has 1 fully saturated rings. The van der Waals surface area contributed by atoms with E-state index in [-0.39, 0.29) is 18.2 Å². The summed E-state index contributed by atoms with van der Waals surface area (Å²) in [6.07, 6.45) is 1.38. The Balaban J connectivity index is 2.20. The molecule has 1 aromatic rings. The van der Waals surface area contributed by atoms with E-state index in [0.717, 1.165) is 0 Å². The first-order valence-corrected chi connectivity index (χ1v) is 4.76. The van der Waals surface area contributed by atoms with Gasteiger partial charge in [0, 0.05) is 6.54 Å². The van der Waals surface area contributed by atoms with Crippen LogP contribution >= 0.6 is 0 Å². The lowest BCUT2D eigenvalue weighted by molar-refractivity contribution is -0.125. The summed E-state index contributed by atoms with van der Waals surface area (Å²) < 4.78 is 4.99. The van der Waals surface area contributed by atoms with Crippen LogP contribution in [0.15, 0.2) is 18.3 Å². The number of aromatic carboxylic acids is 1. The molecule has 0 unspecified atom stereocenters. The van der Waals surface area contributed by atoms with Crippen molar-refractivity contribution in [3.8, 4) is 0 Å². The number of hydrogen-bond acceptors (Lipinski definition) is 4. The Morgan fingerprint density at radius 1 is 1.50 bits per heavy atom. The predicted molar refractivity (Wildman–Crippen MR) is 54.4 cm³/mol. The Morgan fingerprint density at radius 2 is 2.31 bits per heavy atom. The van der Waals surface area contributed by atoms with Crippen molar-refractivity contribution >= 4 is 17.6 Å². The average molecular weight is 222 g/mol. The molecule has 6 nitrogen and oxygen atoms in total. The van der Waals surface area contributed by atoms with Gasteiger partial charge in [0.2, 0.25) is 0 Å². The molecule has 6 heteroatoms. The Bertz CT molecular complexity index is 415. The smallest absolute Gasteiger partial charge is 0.354 e. The van der Waals surface area contributed by atoms with Crippen LogP contribution in [0.4, 0.5) is 5.69 Å². The van der Waals surface area contributed by atoms with Gasteiger partial charge in [-0.1, -0.05) is 0 Å². The highest BCUT2D eigenvalue weighted by Gasteiger charge is 2.20. The van der Waals surface area contributed by atoms with E-state index in [4.69, 9.17) is 9.84 Å². The Labute approximate surface area is 91.5 Å². The van der Waals surface area contributed by atoms with E-state index in [1.807, 2.05) is 0 Å². The molecule has 0 bridgehead atoms. The highest BCUT2D eigenvalue weighted by molar-refractivity contribution is 5.95.